The lowest BCUT2D eigenvalue weighted by molar-refractivity contribution is 0.0955. The van der Waals surface area contributed by atoms with Crippen LogP contribution in [0.4, 0.5) is 11.4 Å². The van der Waals surface area contributed by atoms with E-state index in [1.807, 2.05) is 66.7 Å². The Hall–Kier alpha value is -4.80. The number of anilines is 2. The highest BCUT2D eigenvalue weighted by molar-refractivity contribution is 7.89. The first-order chi connectivity index (χ1) is 18.9. The predicted octanol–water partition coefficient (Wildman–Crippen LogP) is 4.49. The van der Waals surface area contributed by atoms with E-state index in [2.05, 4.69) is 25.8 Å². The summed E-state index contributed by atoms with van der Waals surface area (Å²) in [5.74, 6) is -0.219. The molecular weight excluding hydrogens is 512 g/mol. The van der Waals surface area contributed by atoms with E-state index in [1.165, 1.54) is 12.1 Å². The largest absolute Gasteiger partial charge is 0.355 e. The number of H-pyrrole nitrogens is 1. The fraction of sp³-hybridized carbons (Fsp3) is 0.0690. The molecule has 5 rings (SSSR count). The third-order valence-electron chi connectivity index (χ3n) is 6.09. The first-order valence-electron chi connectivity index (χ1n) is 12.2. The van der Waals surface area contributed by atoms with Gasteiger partial charge in [0.1, 0.15) is 0 Å². The number of sulfonamides is 1. The second-order valence-electron chi connectivity index (χ2n) is 8.82. The number of nitrogens with two attached hydrogens (primary N) is 1. The number of hydrogen-bond donors (Lipinski definition) is 4. The summed E-state index contributed by atoms with van der Waals surface area (Å²) in [5.41, 5.74) is 5.38. The van der Waals surface area contributed by atoms with Gasteiger partial charge >= 0.3 is 0 Å². The first-order valence-corrected chi connectivity index (χ1v) is 13.7. The number of pyridine rings is 1. The molecule has 0 fully saturated rings. The zero-order valence-electron chi connectivity index (χ0n) is 20.8. The van der Waals surface area contributed by atoms with Crippen molar-refractivity contribution in [1.82, 2.24) is 20.5 Å². The van der Waals surface area contributed by atoms with Crippen LogP contribution < -0.4 is 15.8 Å². The summed E-state index contributed by atoms with van der Waals surface area (Å²) in [6, 6.07) is 25.2. The maximum Gasteiger partial charge on any atom is 0.253 e. The maximum absolute atomic E-state index is 13.0. The van der Waals surface area contributed by atoms with E-state index in [1.54, 1.807) is 24.4 Å². The van der Waals surface area contributed by atoms with Crippen molar-refractivity contribution in [1.29, 1.82) is 0 Å². The Morgan fingerprint density at radius 3 is 2.51 bits per heavy atom. The van der Waals surface area contributed by atoms with Gasteiger partial charge in [0.25, 0.3) is 5.91 Å². The smallest absolute Gasteiger partial charge is 0.253 e. The van der Waals surface area contributed by atoms with Gasteiger partial charge in [-0.1, -0.05) is 30.3 Å². The molecular formula is C29H26N6O3S. The van der Waals surface area contributed by atoms with Crippen LogP contribution in [0.1, 0.15) is 27.3 Å². The van der Waals surface area contributed by atoms with Crippen LogP contribution in [0.2, 0.25) is 0 Å². The highest BCUT2D eigenvalue weighted by atomic mass is 32.2. The van der Waals surface area contributed by atoms with E-state index in [9.17, 15) is 13.2 Å². The predicted molar refractivity (Wildman–Crippen MR) is 153 cm³/mol. The Labute approximate surface area is 225 Å². The Bertz CT molecular complexity index is 1750. The van der Waals surface area contributed by atoms with Gasteiger partial charge in [0.05, 0.1) is 33.1 Å². The number of para-hydroxylation sites is 1. The van der Waals surface area contributed by atoms with E-state index in [0.717, 1.165) is 33.5 Å². The number of amides is 1. The Kier molecular flexibility index (Phi) is 7.48. The summed E-state index contributed by atoms with van der Waals surface area (Å²) in [5, 5.41) is 19.8. The molecule has 1 amide bonds. The molecule has 2 heterocycles. The van der Waals surface area contributed by atoms with Crippen molar-refractivity contribution >= 4 is 50.4 Å². The summed E-state index contributed by atoms with van der Waals surface area (Å²) in [6.45, 7) is 0.386. The van der Waals surface area contributed by atoms with Gasteiger partial charge in [0.2, 0.25) is 10.0 Å². The van der Waals surface area contributed by atoms with Crippen LogP contribution in [0.5, 0.6) is 0 Å². The molecule has 2 aromatic heterocycles. The van der Waals surface area contributed by atoms with Crippen molar-refractivity contribution in [3.63, 3.8) is 0 Å². The van der Waals surface area contributed by atoms with Crippen molar-refractivity contribution in [2.45, 2.75) is 11.3 Å². The van der Waals surface area contributed by atoms with E-state index in [0.29, 0.717) is 24.2 Å². The minimum atomic E-state index is -3.73. The highest BCUT2D eigenvalue weighted by Crippen LogP contribution is 2.26. The topological polar surface area (TPSA) is 143 Å². The van der Waals surface area contributed by atoms with Crippen LogP contribution >= 0.6 is 0 Å². The molecule has 9 nitrogen and oxygen atoms in total. The van der Waals surface area contributed by atoms with Crippen LogP contribution in [0.25, 0.3) is 23.1 Å². The minimum absolute atomic E-state index is 0.0563. The number of primary sulfonamides is 1. The molecule has 0 saturated heterocycles. The SMILES string of the molecule is NS(=O)(=O)c1ccc(CCNC(=O)c2ccccc2Nc2ccc3c(/C=C/c4ccccn4)n[nH]c3c2)cc1. The molecule has 0 aliphatic carbocycles. The Morgan fingerprint density at radius 2 is 1.74 bits per heavy atom. The second-order valence-corrected chi connectivity index (χ2v) is 10.4. The number of nitrogens with zero attached hydrogens (tertiary/aromatic N) is 2. The van der Waals surface area contributed by atoms with Crippen LogP contribution in [0, 0.1) is 0 Å². The molecule has 5 aromatic rings. The summed E-state index contributed by atoms with van der Waals surface area (Å²) in [7, 11) is -3.73. The average Bonchev–Trinajstić information content (AvgIpc) is 3.34. The number of benzene rings is 3. The number of carbonyl (C=O) groups is 1. The molecule has 0 aliphatic rings. The number of hydrogen-bond acceptors (Lipinski definition) is 6. The van der Waals surface area contributed by atoms with Gasteiger partial charge in [-0.2, -0.15) is 5.10 Å². The monoisotopic (exact) mass is 538 g/mol. The van der Waals surface area contributed by atoms with Gasteiger partial charge in [-0.25, -0.2) is 13.6 Å². The average molecular weight is 539 g/mol. The van der Waals surface area contributed by atoms with Crippen molar-refractivity contribution < 1.29 is 13.2 Å². The lowest BCUT2D eigenvalue weighted by Gasteiger charge is -2.12. The number of aromatic amines is 1. The van der Waals surface area contributed by atoms with E-state index >= 15 is 0 Å². The zero-order chi connectivity index (χ0) is 27.2. The molecule has 39 heavy (non-hydrogen) atoms. The van der Waals surface area contributed by atoms with Crippen molar-refractivity contribution in [2.24, 2.45) is 5.14 Å². The summed E-state index contributed by atoms with van der Waals surface area (Å²) in [6.07, 6.45) is 6.12. The molecule has 0 aliphatic heterocycles. The first kappa shape index (κ1) is 25.8. The Balaban J connectivity index is 1.24. The second kappa shape index (κ2) is 11.3. The maximum atomic E-state index is 13.0. The molecule has 196 valence electrons. The highest BCUT2D eigenvalue weighted by Gasteiger charge is 2.12. The molecule has 0 spiro atoms. The van der Waals surface area contributed by atoms with Crippen molar-refractivity contribution in [3.05, 3.63) is 114 Å². The van der Waals surface area contributed by atoms with Gasteiger partial charge in [-0.05, 0) is 78.7 Å². The van der Waals surface area contributed by atoms with E-state index in [4.69, 9.17) is 5.14 Å². The van der Waals surface area contributed by atoms with Gasteiger partial charge < -0.3 is 10.6 Å². The van der Waals surface area contributed by atoms with E-state index < -0.39 is 10.0 Å². The normalized spacial score (nSPS) is 11.6. The van der Waals surface area contributed by atoms with Crippen LogP contribution in [0.15, 0.2) is 96.0 Å². The van der Waals surface area contributed by atoms with Crippen molar-refractivity contribution in [3.8, 4) is 0 Å². The van der Waals surface area contributed by atoms with Gasteiger partial charge in [0, 0.05) is 23.8 Å². The van der Waals surface area contributed by atoms with Crippen LogP contribution in [-0.2, 0) is 16.4 Å². The standard InChI is InChI=1S/C29H26N6O3S/c30-39(37,38)23-12-8-20(9-13-23)16-18-32-29(36)25-6-1-2-7-26(25)33-22-10-14-24-27(34-35-28(24)19-22)15-11-21-5-3-4-17-31-21/h1-15,17,19,33H,16,18H2,(H,32,36)(H,34,35)(H2,30,37,38)/b15-11+. The fourth-order valence-electron chi connectivity index (χ4n) is 4.09. The van der Waals surface area contributed by atoms with Gasteiger partial charge in [0.15, 0.2) is 0 Å². The quantitative estimate of drug-likeness (QED) is 0.218. The lowest BCUT2D eigenvalue weighted by atomic mass is 10.1. The number of fused-ring (bicyclic) bond motifs is 1. The lowest BCUT2D eigenvalue weighted by Crippen LogP contribution is -2.26. The van der Waals surface area contributed by atoms with E-state index in [-0.39, 0.29) is 10.8 Å². The molecule has 0 atom stereocenters. The number of rotatable bonds is 9. The number of nitrogens with one attached hydrogen (secondary N) is 3. The van der Waals surface area contributed by atoms with Gasteiger partial charge in [-0.3, -0.25) is 14.9 Å². The molecule has 10 heteroatoms. The number of aromatic nitrogens is 3. The molecule has 0 saturated carbocycles. The third kappa shape index (κ3) is 6.38. The molecule has 0 radical (unpaired) electrons. The van der Waals surface area contributed by atoms with Gasteiger partial charge in [-0.15, -0.1) is 0 Å². The molecule has 5 N–H and O–H groups in total. The zero-order valence-corrected chi connectivity index (χ0v) is 21.7. The minimum Gasteiger partial charge on any atom is -0.355 e. The summed E-state index contributed by atoms with van der Waals surface area (Å²) < 4.78 is 22.8. The van der Waals surface area contributed by atoms with Crippen molar-refractivity contribution in [2.75, 3.05) is 11.9 Å². The summed E-state index contributed by atoms with van der Waals surface area (Å²) >= 11 is 0. The Morgan fingerprint density at radius 1 is 0.949 bits per heavy atom. The molecule has 0 unspecified atom stereocenters. The van der Waals surface area contributed by atoms with Crippen LogP contribution in [-0.4, -0.2) is 36.1 Å². The van der Waals surface area contributed by atoms with Crippen LogP contribution in [0.3, 0.4) is 0 Å². The fourth-order valence-corrected chi connectivity index (χ4v) is 4.61. The summed E-state index contributed by atoms with van der Waals surface area (Å²) in [4.78, 5) is 17.3. The third-order valence-corrected chi connectivity index (χ3v) is 7.02. The molecule has 0 bridgehead atoms. The molecule has 3 aromatic carbocycles. The number of carbonyl (C=O) groups excluding carboxylic acids is 1.